The normalized spacial score (nSPS) is 25.4. The van der Waals surface area contributed by atoms with E-state index in [4.69, 9.17) is 0 Å². The van der Waals surface area contributed by atoms with Crippen LogP contribution in [0.2, 0.25) is 0 Å². The Bertz CT molecular complexity index is 1400. The number of nitrogens with zero attached hydrogens (tertiary/aromatic N) is 3. The fraction of sp³-hybridized carbons (Fsp3) is 0.400. The summed E-state index contributed by atoms with van der Waals surface area (Å²) in [5, 5.41) is 0. The fourth-order valence-electron chi connectivity index (χ4n) is 8.08. The molecule has 0 aromatic heterocycles. The highest BCUT2D eigenvalue weighted by Gasteiger charge is 2.48. The minimum Gasteiger partial charge on any atom is -0.339 e. The minimum absolute atomic E-state index is 0.0218. The molecule has 3 saturated heterocycles. The molecular formula is C35H37N3O3. The number of imide groups is 1. The van der Waals surface area contributed by atoms with Gasteiger partial charge in [-0.05, 0) is 86.7 Å². The van der Waals surface area contributed by atoms with Gasteiger partial charge in [-0.25, -0.2) is 0 Å². The van der Waals surface area contributed by atoms with Gasteiger partial charge >= 0.3 is 0 Å². The van der Waals surface area contributed by atoms with Crippen LogP contribution in [-0.4, -0.2) is 70.2 Å². The maximum atomic E-state index is 13.2. The quantitative estimate of drug-likeness (QED) is 0.380. The minimum atomic E-state index is -0.122. The van der Waals surface area contributed by atoms with Gasteiger partial charge in [0.15, 0.2) is 0 Å². The number of piperidine rings is 2. The van der Waals surface area contributed by atoms with Crippen LogP contribution in [0.25, 0.3) is 0 Å². The van der Waals surface area contributed by atoms with Crippen molar-refractivity contribution >= 4 is 17.7 Å². The van der Waals surface area contributed by atoms with Gasteiger partial charge in [0.1, 0.15) is 0 Å². The molecule has 3 atom stereocenters. The maximum Gasteiger partial charge on any atom is 0.261 e. The molecule has 41 heavy (non-hydrogen) atoms. The number of carbonyl (C=O) groups excluding carboxylic acids is 3. The second kappa shape index (κ2) is 10.6. The first-order valence-corrected chi connectivity index (χ1v) is 15.2. The lowest BCUT2D eigenvalue weighted by Crippen LogP contribution is -2.53. The van der Waals surface area contributed by atoms with Gasteiger partial charge in [-0.15, -0.1) is 0 Å². The Morgan fingerprint density at radius 2 is 1.24 bits per heavy atom. The molecule has 0 aliphatic carbocycles. The number of rotatable bonds is 6. The molecule has 0 spiro atoms. The number of amides is 3. The van der Waals surface area contributed by atoms with Crippen LogP contribution >= 0.6 is 0 Å². The first-order chi connectivity index (χ1) is 20.0. The monoisotopic (exact) mass is 547 g/mol. The predicted molar refractivity (Wildman–Crippen MR) is 158 cm³/mol. The molecule has 3 aromatic rings. The summed E-state index contributed by atoms with van der Waals surface area (Å²) in [5.41, 5.74) is 3.27. The van der Waals surface area contributed by atoms with E-state index in [9.17, 15) is 14.4 Å². The number of likely N-dealkylation sites (tertiary alicyclic amines) is 1. The van der Waals surface area contributed by atoms with Crippen LogP contribution in [0.5, 0.6) is 0 Å². The Morgan fingerprint density at radius 1 is 0.707 bits per heavy atom. The molecule has 4 aliphatic rings. The van der Waals surface area contributed by atoms with Gasteiger partial charge in [0.2, 0.25) is 0 Å². The van der Waals surface area contributed by atoms with Crippen molar-refractivity contribution in [1.82, 2.24) is 14.7 Å². The van der Waals surface area contributed by atoms with Crippen molar-refractivity contribution in [3.63, 3.8) is 0 Å². The molecule has 2 bridgehead atoms. The molecule has 4 heterocycles. The van der Waals surface area contributed by atoms with Gasteiger partial charge in [-0.2, -0.15) is 0 Å². The van der Waals surface area contributed by atoms with E-state index in [0.717, 1.165) is 70.1 Å². The average molecular weight is 548 g/mol. The SMILES string of the molecule is O=C(c1ccccc1)N1CCC(CCN2[C@@H]3CC[C@H]2C[C@@H](N2C(=O)c4ccccc4C2=O)C3)(c2ccccc2)CC1. The summed E-state index contributed by atoms with van der Waals surface area (Å²) in [6.45, 7) is 2.53. The molecule has 7 rings (SSSR count). The first-order valence-electron chi connectivity index (χ1n) is 15.2. The van der Waals surface area contributed by atoms with Crippen LogP contribution in [0.1, 0.15) is 81.6 Å². The molecule has 6 heteroatoms. The molecule has 0 N–H and O–H groups in total. The molecule has 0 saturated carbocycles. The van der Waals surface area contributed by atoms with E-state index in [-0.39, 0.29) is 29.2 Å². The largest absolute Gasteiger partial charge is 0.339 e. The van der Waals surface area contributed by atoms with Crippen LogP contribution in [-0.2, 0) is 5.41 Å². The highest BCUT2D eigenvalue weighted by molar-refractivity contribution is 6.21. The molecule has 3 aromatic carbocycles. The van der Waals surface area contributed by atoms with E-state index in [1.165, 1.54) is 5.56 Å². The summed E-state index contributed by atoms with van der Waals surface area (Å²) < 4.78 is 0. The molecule has 6 nitrogen and oxygen atoms in total. The molecule has 3 amide bonds. The summed E-state index contributed by atoms with van der Waals surface area (Å²) in [6.07, 6.45) is 6.94. The number of benzene rings is 3. The van der Waals surface area contributed by atoms with Gasteiger partial charge < -0.3 is 4.90 Å². The van der Waals surface area contributed by atoms with Crippen LogP contribution in [0, 0.1) is 0 Å². The summed E-state index contributed by atoms with van der Waals surface area (Å²) in [4.78, 5) is 45.8. The van der Waals surface area contributed by atoms with E-state index in [0.29, 0.717) is 23.2 Å². The third-order valence-corrected chi connectivity index (χ3v) is 10.3. The first kappa shape index (κ1) is 26.1. The lowest BCUT2D eigenvalue weighted by molar-refractivity contribution is 0.0363. The molecule has 3 fully saturated rings. The Morgan fingerprint density at radius 3 is 1.83 bits per heavy atom. The van der Waals surface area contributed by atoms with Crippen LogP contribution in [0.3, 0.4) is 0 Å². The maximum absolute atomic E-state index is 13.2. The third kappa shape index (κ3) is 4.58. The molecule has 0 radical (unpaired) electrons. The molecule has 0 unspecified atom stereocenters. The van der Waals surface area contributed by atoms with E-state index < -0.39 is 0 Å². The van der Waals surface area contributed by atoms with Crippen molar-refractivity contribution in [2.45, 2.75) is 68.5 Å². The lowest BCUT2D eigenvalue weighted by atomic mass is 9.70. The highest BCUT2D eigenvalue weighted by atomic mass is 16.2. The smallest absolute Gasteiger partial charge is 0.261 e. The predicted octanol–water partition coefficient (Wildman–Crippen LogP) is 5.54. The van der Waals surface area contributed by atoms with Crippen molar-refractivity contribution in [2.24, 2.45) is 0 Å². The van der Waals surface area contributed by atoms with Gasteiger partial charge in [0.25, 0.3) is 17.7 Å². The summed E-state index contributed by atoms with van der Waals surface area (Å²) in [5.74, 6) is -0.118. The van der Waals surface area contributed by atoms with Gasteiger partial charge in [0.05, 0.1) is 11.1 Å². The summed E-state index contributed by atoms with van der Waals surface area (Å²) in [6, 6.07) is 28.5. The zero-order chi connectivity index (χ0) is 28.0. The van der Waals surface area contributed by atoms with Crippen molar-refractivity contribution < 1.29 is 14.4 Å². The average Bonchev–Trinajstić information content (AvgIpc) is 3.43. The summed E-state index contributed by atoms with van der Waals surface area (Å²) >= 11 is 0. The van der Waals surface area contributed by atoms with Crippen molar-refractivity contribution in [1.29, 1.82) is 0 Å². The van der Waals surface area contributed by atoms with E-state index in [2.05, 4.69) is 35.2 Å². The zero-order valence-electron chi connectivity index (χ0n) is 23.5. The lowest BCUT2D eigenvalue weighted by Gasteiger charge is -2.46. The number of hydrogen-bond donors (Lipinski definition) is 0. The Hall–Kier alpha value is -3.77. The zero-order valence-corrected chi connectivity index (χ0v) is 23.5. The van der Waals surface area contributed by atoms with Gasteiger partial charge in [-0.3, -0.25) is 24.2 Å². The second-order valence-electron chi connectivity index (χ2n) is 12.3. The summed E-state index contributed by atoms with van der Waals surface area (Å²) in [7, 11) is 0. The van der Waals surface area contributed by atoms with Crippen molar-refractivity contribution in [3.05, 3.63) is 107 Å². The Kier molecular flexibility index (Phi) is 6.74. The molecule has 210 valence electrons. The Balaban J connectivity index is 1.04. The van der Waals surface area contributed by atoms with Crippen LogP contribution in [0.15, 0.2) is 84.9 Å². The molecule has 4 aliphatic heterocycles. The standard InChI is InChI=1S/C35H37N3O3/c39-32(25-9-3-1-4-10-25)36-20-17-35(18-21-36,26-11-5-2-6-12-26)19-22-37-27-15-16-28(37)24-29(23-27)38-33(40)30-13-7-8-14-31(30)34(38)41/h1-14,27-29H,15-24H2/t27-,28+,29+. The Labute approximate surface area is 241 Å². The number of hydrogen-bond acceptors (Lipinski definition) is 4. The van der Waals surface area contributed by atoms with Crippen LogP contribution in [0.4, 0.5) is 0 Å². The second-order valence-corrected chi connectivity index (χ2v) is 12.3. The van der Waals surface area contributed by atoms with E-state index in [1.54, 1.807) is 17.0 Å². The highest BCUT2D eigenvalue weighted by Crippen LogP contribution is 2.43. The van der Waals surface area contributed by atoms with Crippen molar-refractivity contribution in [3.8, 4) is 0 Å². The van der Waals surface area contributed by atoms with E-state index in [1.807, 2.05) is 47.4 Å². The fourth-order valence-corrected chi connectivity index (χ4v) is 8.08. The van der Waals surface area contributed by atoms with Crippen LogP contribution < -0.4 is 0 Å². The molecular weight excluding hydrogens is 510 g/mol. The number of carbonyl (C=O) groups is 3. The van der Waals surface area contributed by atoms with Gasteiger partial charge in [0, 0.05) is 36.8 Å². The number of fused-ring (bicyclic) bond motifs is 3. The topological polar surface area (TPSA) is 60.9 Å². The van der Waals surface area contributed by atoms with E-state index >= 15 is 0 Å². The van der Waals surface area contributed by atoms with Gasteiger partial charge in [-0.1, -0.05) is 60.7 Å². The third-order valence-electron chi connectivity index (χ3n) is 10.3. The van der Waals surface area contributed by atoms with Crippen molar-refractivity contribution in [2.75, 3.05) is 19.6 Å².